The van der Waals surface area contributed by atoms with E-state index in [-0.39, 0.29) is 23.8 Å². The third-order valence-corrected chi connectivity index (χ3v) is 4.28. The van der Waals surface area contributed by atoms with E-state index in [2.05, 4.69) is 10.6 Å². The van der Waals surface area contributed by atoms with Gasteiger partial charge in [-0.1, -0.05) is 26.8 Å². The summed E-state index contributed by atoms with van der Waals surface area (Å²) in [7, 11) is 0. The van der Waals surface area contributed by atoms with E-state index in [4.69, 9.17) is 5.73 Å². The van der Waals surface area contributed by atoms with Gasteiger partial charge in [0.2, 0.25) is 11.8 Å². The van der Waals surface area contributed by atoms with E-state index < -0.39 is 5.41 Å². The fourth-order valence-electron chi connectivity index (χ4n) is 2.64. The average Bonchev–Trinajstić information content (AvgIpc) is 2.88. The zero-order valence-corrected chi connectivity index (χ0v) is 14.4. The average molecular weight is 317 g/mol. The zero-order valence-electron chi connectivity index (χ0n) is 14.4. The number of nitrogens with two attached hydrogens (primary N) is 1. The Morgan fingerprint density at radius 2 is 1.87 bits per heavy atom. The molecule has 1 aromatic rings. The lowest BCUT2D eigenvalue weighted by Crippen LogP contribution is -2.27. The van der Waals surface area contributed by atoms with Gasteiger partial charge in [0, 0.05) is 28.7 Å². The molecule has 1 aliphatic carbocycles. The molecular weight excluding hydrogens is 290 g/mol. The molecule has 1 fully saturated rings. The van der Waals surface area contributed by atoms with Gasteiger partial charge >= 0.3 is 0 Å². The van der Waals surface area contributed by atoms with Crippen LogP contribution in [0.4, 0.5) is 11.4 Å². The molecule has 1 aromatic carbocycles. The molecule has 0 aromatic heterocycles. The number of hydrogen-bond donors (Lipinski definition) is 3. The second kappa shape index (κ2) is 6.71. The lowest BCUT2D eigenvalue weighted by atomic mass is 9.95. The van der Waals surface area contributed by atoms with Gasteiger partial charge in [0.25, 0.3) is 0 Å². The molecule has 0 aliphatic heterocycles. The summed E-state index contributed by atoms with van der Waals surface area (Å²) in [5.41, 5.74) is 7.81. The quantitative estimate of drug-likeness (QED) is 0.801. The molecule has 0 bridgehead atoms. The number of anilines is 2. The van der Waals surface area contributed by atoms with Crippen molar-refractivity contribution in [2.45, 2.75) is 53.0 Å². The first-order valence-electron chi connectivity index (χ1n) is 8.15. The Balaban J connectivity index is 2.08. The van der Waals surface area contributed by atoms with Gasteiger partial charge in [0.1, 0.15) is 0 Å². The number of hydrogen-bond acceptors (Lipinski definition) is 3. The number of carbonyl (C=O) groups excluding carboxylic acids is 2. The number of carbonyl (C=O) groups is 2. The predicted molar refractivity (Wildman–Crippen MR) is 93.2 cm³/mol. The molecule has 0 saturated heterocycles. The van der Waals surface area contributed by atoms with Crippen LogP contribution in [0.1, 0.15) is 45.6 Å². The SMILES string of the molecule is Cc1ccc(NC(=O)C(C)(C)C)cc1NC(=O)C1CCC(N)C1. The Bertz CT molecular complexity index is 605. The minimum Gasteiger partial charge on any atom is -0.328 e. The van der Waals surface area contributed by atoms with Crippen LogP contribution in [0.2, 0.25) is 0 Å². The number of aryl methyl sites for hydroxylation is 1. The van der Waals surface area contributed by atoms with Crippen LogP contribution < -0.4 is 16.4 Å². The Morgan fingerprint density at radius 1 is 1.17 bits per heavy atom. The Kier molecular flexibility index (Phi) is 5.09. The maximum Gasteiger partial charge on any atom is 0.229 e. The minimum atomic E-state index is -0.464. The second-order valence-corrected chi connectivity index (χ2v) is 7.49. The maximum absolute atomic E-state index is 12.4. The van der Waals surface area contributed by atoms with E-state index >= 15 is 0 Å². The van der Waals surface area contributed by atoms with E-state index in [1.54, 1.807) is 0 Å². The summed E-state index contributed by atoms with van der Waals surface area (Å²) in [6.07, 6.45) is 2.48. The highest BCUT2D eigenvalue weighted by molar-refractivity contribution is 5.97. The molecule has 0 spiro atoms. The van der Waals surface area contributed by atoms with Crippen molar-refractivity contribution in [1.82, 2.24) is 0 Å². The number of rotatable bonds is 3. The number of benzene rings is 1. The summed E-state index contributed by atoms with van der Waals surface area (Å²) in [5, 5.41) is 5.87. The highest BCUT2D eigenvalue weighted by Crippen LogP contribution is 2.27. The van der Waals surface area contributed by atoms with Crippen molar-refractivity contribution in [1.29, 1.82) is 0 Å². The van der Waals surface area contributed by atoms with Crippen LogP contribution >= 0.6 is 0 Å². The number of nitrogens with one attached hydrogen (secondary N) is 2. The van der Waals surface area contributed by atoms with Gasteiger partial charge in [-0.3, -0.25) is 9.59 Å². The largest absolute Gasteiger partial charge is 0.328 e. The molecule has 126 valence electrons. The fourth-order valence-corrected chi connectivity index (χ4v) is 2.64. The predicted octanol–water partition coefficient (Wildman–Crippen LogP) is 3.05. The van der Waals surface area contributed by atoms with Gasteiger partial charge < -0.3 is 16.4 Å². The van der Waals surface area contributed by atoms with Gasteiger partial charge in [-0.15, -0.1) is 0 Å². The van der Waals surface area contributed by atoms with Gasteiger partial charge in [0.15, 0.2) is 0 Å². The minimum absolute atomic E-state index is 0.0142. The topological polar surface area (TPSA) is 84.2 Å². The molecule has 2 unspecified atom stereocenters. The molecule has 5 heteroatoms. The molecular formula is C18H27N3O2. The monoisotopic (exact) mass is 317 g/mol. The van der Waals surface area contributed by atoms with Crippen molar-refractivity contribution in [2.24, 2.45) is 17.1 Å². The summed E-state index contributed by atoms with van der Waals surface area (Å²) >= 11 is 0. The smallest absolute Gasteiger partial charge is 0.229 e. The van der Waals surface area contributed by atoms with E-state index in [1.807, 2.05) is 45.9 Å². The van der Waals surface area contributed by atoms with Gasteiger partial charge in [-0.25, -0.2) is 0 Å². The van der Waals surface area contributed by atoms with E-state index in [0.29, 0.717) is 5.69 Å². The molecule has 2 amide bonds. The van der Waals surface area contributed by atoms with Crippen molar-refractivity contribution in [3.8, 4) is 0 Å². The lowest BCUT2D eigenvalue weighted by Gasteiger charge is -2.19. The van der Waals surface area contributed by atoms with Crippen molar-refractivity contribution in [2.75, 3.05) is 10.6 Å². The first-order chi connectivity index (χ1) is 10.7. The zero-order chi connectivity index (χ0) is 17.2. The standard InChI is InChI=1S/C18H27N3O2/c1-11-5-8-14(20-17(23)18(2,3)4)10-15(11)21-16(22)12-6-7-13(19)9-12/h5,8,10,12-13H,6-7,9,19H2,1-4H3,(H,20,23)(H,21,22). The Morgan fingerprint density at radius 3 is 2.43 bits per heavy atom. The summed E-state index contributed by atoms with van der Waals surface area (Å²) in [4.78, 5) is 24.4. The van der Waals surface area contributed by atoms with Crippen molar-refractivity contribution < 1.29 is 9.59 Å². The van der Waals surface area contributed by atoms with E-state index in [0.717, 1.165) is 30.5 Å². The first-order valence-corrected chi connectivity index (χ1v) is 8.15. The highest BCUT2D eigenvalue weighted by atomic mass is 16.2. The molecule has 0 heterocycles. The summed E-state index contributed by atoms with van der Waals surface area (Å²) < 4.78 is 0. The van der Waals surface area contributed by atoms with Crippen LogP contribution in [0.3, 0.4) is 0 Å². The van der Waals surface area contributed by atoms with E-state index in [9.17, 15) is 9.59 Å². The van der Waals surface area contributed by atoms with Crippen molar-refractivity contribution in [3.63, 3.8) is 0 Å². The van der Waals surface area contributed by atoms with E-state index in [1.165, 1.54) is 0 Å². The van der Waals surface area contributed by atoms with Gasteiger partial charge in [-0.2, -0.15) is 0 Å². The first kappa shape index (κ1) is 17.5. The fraction of sp³-hybridized carbons (Fsp3) is 0.556. The molecule has 0 radical (unpaired) electrons. The Hall–Kier alpha value is -1.88. The normalized spacial score (nSPS) is 21.1. The third kappa shape index (κ3) is 4.55. The number of amides is 2. The van der Waals surface area contributed by atoms with Crippen molar-refractivity contribution >= 4 is 23.2 Å². The summed E-state index contributed by atoms with van der Waals surface area (Å²) in [5.74, 6) is -0.0574. The van der Waals surface area contributed by atoms with Gasteiger partial charge in [-0.05, 0) is 43.9 Å². The van der Waals surface area contributed by atoms with Crippen LogP contribution in [0.25, 0.3) is 0 Å². The summed E-state index contributed by atoms with van der Waals surface area (Å²) in [6, 6.07) is 5.68. The molecule has 1 saturated carbocycles. The Labute approximate surface area is 138 Å². The van der Waals surface area contributed by atoms with Crippen LogP contribution in [-0.4, -0.2) is 17.9 Å². The molecule has 1 aliphatic rings. The van der Waals surface area contributed by atoms with Crippen LogP contribution in [-0.2, 0) is 9.59 Å². The molecule has 2 rings (SSSR count). The maximum atomic E-state index is 12.4. The molecule has 5 nitrogen and oxygen atoms in total. The van der Waals surface area contributed by atoms with Crippen LogP contribution in [0.15, 0.2) is 18.2 Å². The molecule has 2 atom stereocenters. The van der Waals surface area contributed by atoms with Crippen molar-refractivity contribution in [3.05, 3.63) is 23.8 Å². The lowest BCUT2D eigenvalue weighted by molar-refractivity contribution is -0.123. The highest BCUT2D eigenvalue weighted by Gasteiger charge is 2.28. The molecule has 23 heavy (non-hydrogen) atoms. The van der Waals surface area contributed by atoms with Gasteiger partial charge in [0.05, 0.1) is 0 Å². The van der Waals surface area contributed by atoms with Crippen LogP contribution in [0.5, 0.6) is 0 Å². The van der Waals surface area contributed by atoms with Crippen LogP contribution in [0, 0.1) is 18.3 Å². The third-order valence-electron chi connectivity index (χ3n) is 4.28. The molecule has 4 N–H and O–H groups in total. The summed E-state index contributed by atoms with van der Waals surface area (Å²) in [6.45, 7) is 7.53. The second-order valence-electron chi connectivity index (χ2n) is 7.49.